The first-order valence-corrected chi connectivity index (χ1v) is 6.50. The number of carbonyl (C=O) groups is 1. The summed E-state index contributed by atoms with van der Waals surface area (Å²) in [5.41, 5.74) is 0.948. The SMILES string of the molecule is COC(=O)C1(CNCc2ccccc2Br)CC1. The summed E-state index contributed by atoms with van der Waals surface area (Å²) in [6.45, 7) is 1.46. The predicted molar refractivity (Wildman–Crippen MR) is 69.5 cm³/mol. The Morgan fingerprint density at radius 3 is 2.76 bits per heavy atom. The summed E-state index contributed by atoms with van der Waals surface area (Å²) < 4.78 is 5.91. The van der Waals surface area contributed by atoms with E-state index >= 15 is 0 Å². The first-order chi connectivity index (χ1) is 8.18. The second-order valence-electron chi connectivity index (χ2n) is 4.47. The van der Waals surface area contributed by atoms with Crippen molar-refractivity contribution < 1.29 is 9.53 Å². The van der Waals surface area contributed by atoms with Gasteiger partial charge in [-0.2, -0.15) is 0 Å². The lowest BCUT2D eigenvalue weighted by molar-refractivity contribution is -0.146. The van der Waals surface area contributed by atoms with Crippen LogP contribution in [-0.2, 0) is 16.1 Å². The highest BCUT2D eigenvalue weighted by Crippen LogP contribution is 2.46. The molecule has 0 heterocycles. The van der Waals surface area contributed by atoms with Gasteiger partial charge in [0.25, 0.3) is 0 Å². The van der Waals surface area contributed by atoms with Gasteiger partial charge in [0.05, 0.1) is 12.5 Å². The van der Waals surface area contributed by atoms with Crippen molar-refractivity contribution in [1.82, 2.24) is 5.32 Å². The third kappa shape index (κ3) is 2.87. The van der Waals surface area contributed by atoms with Crippen molar-refractivity contribution in [3.63, 3.8) is 0 Å². The molecule has 0 amide bonds. The Kier molecular flexibility index (Phi) is 3.84. The van der Waals surface area contributed by atoms with Crippen LogP contribution in [0.1, 0.15) is 18.4 Å². The molecule has 0 spiro atoms. The van der Waals surface area contributed by atoms with Gasteiger partial charge >= 0.3 is 5.97 Å². The average molecular weight is 298 g/mol. The van der Waals surface area contributed by atoms with Gasteiger partial charge in [-0.25, -0.2) is 0 Å². The zero-order chi connectivity index (χ0) is 12.3. The Bertz CT molecular complexity index is 416. The highest BCUT2D eigenvalue weighted by Gasteiger charge is 2.50. The molecular weight excluding hydrogens is 282 g/mol. The predicted octanol–water partition coefficient (Wildman–Crippen LogP) is 2.49. The number of hydrogen-bond acceptors (Lipinski definition) is 3. The van der Waals surface area contributed by atoms with Crippen molar-refractivity contribution in [2.24, 2.45) is 5.41 Å². The lowest BCUT2D eigenvalue weighted by atomic mass is 10.1. The summed E-state index contributed by atoms with van der Waals surface area (Å²) in [6, 6.07) is 8.08. The minimum atomic E-state index is -0.254. The van der Waals surface area contributed by atoms with Gasteiger partial charge in [0, 0.05) is 17.6 Å². The molecule has 1 aromatic carbocycles. The Morgan fingerprint density at radius 1 is 1.47 bits per heavy atom. The van der Waals surface area contributed by atoms with Gasteiger partial charge in [-0.15, -0.1) is 0 Å². The molecular formula is C13H16BrNO2. The average Bonchev–Trinajstić information content (AvgIpc) is 3.12. The molecule has 1 aliphatic rings. The molecule has 1 aromatic rings. The van der Waals surface area contributed by atoms with Crippen molar-refractivity contribution in [2.75, 3.05) is 13.7 Å². The molecule has 0 aliphatic heterocycles. The van der Waals surface area contributed by atoms with Crippen LogP contribution in [0.3, 0.4) is 0 Å². The van der Waals surface area contributed by atoms with E-state index in [1.807, 2.05) is 18.2 Å². The van der Waals surface area contributed by atoms with Crippen LogP contribution in [0.25, 0.3) is 0 Å². The molecule has 92 valence electrons. The zero-order valence-corrected chi connectivity index (χ0v) is 11.4. The molecule has 0 unspecified atom stereocenters. The van der Waals surface area contributed by atoms with Crippen LogP contribution < -0.4 is 5.32 Å². The molecule has 1 saturated carbocycles. The van der Waals surface area contributed by atoms with E-state index in [4.69, 9.17) is 4.74 Å². The van der Waals surface area contributed by atoms with Crippen molar-refractivity contribution in [1.29, 1.82) is 0 Å². The van der Waals surface area contributed by atoms with E-state index in [0.29, 0.717) is 6.54 Å². The van der Waals surface area contributed by atoms with Crippen LogP contribution in [-0.4, -0.2) is 19.6 Å². The second-order valence-corrected chi connectivity index (χ2v) is 5.32. The third-order valence-electron chi connectivity index (χ3n) is 3.21. The van der Waals surface area contributed by atoms with Crippen LogP contribution in [0, 0.1) is 5.41 Å². The minimum absolute atomic E-state index is 0.0860. The van der Waals surface area contributed by atoms with E-state index in [-0.39, 0.29) is 11.4 Å². The summed E-state index contributed by atoms with van der Waals surface area (Å²) in [5.74, 6) is -0.0860. The molecule has 0 saturated heterocycles. The van der Waals surface area contributed by atoms with Crippen molar-refractivity contribution in [3.8, 4) is 0 Å². The quantitative estimate of drug-likeness (QED) is 0.849. The molecule has 1 N–H and O–H groups in total. The molecule has 2 rings (SSSR count). The molecule has 0 atom stereocenters. The normalized spacial score (nSPS) is 16.6. The largest absolute Gasteiger partial charge is 0.469 e. The number of halogens is 1. The maximum absolute atomic E-state index is 11.5. The highest BCUT2D eigenvalue weighted by atomic mass is 79.9. The molecule has 17 heavy (non-hydrogen) atoms. The van der Waals surface area contributed by atoms with Gasteiger partial charge in [0.15, 0.2) is 0 Å². The van der Waals surface area contributed by atoms with E-state index in [0.717, 1.165) is 23.9 Å². The fourth-order valence-corrected chi connectivity index (χ4v) is 2.32. The van der Waals surface area contributed by atoms with Crippen molar-refractivity contribution in [2.45, 2.75) is 19.4 Å². The molecule has 3 nitrogen and oxygen atoms in total. The lowest BCUT2D eigenvalue weighted by Crippen LogP contribution is -2.30. The van der Waals surface area contributed by atoms with Gasteiger partial charge in [0.1, 0.15) is 0 Å². The number of hydrogen-bond donors (Lipinski definition) is 1. The van der Waals surface area contributed by atoms with E-state index in [9.17, 15) is 4.79 Å². The van der Waals surface area contributed by atoms with E-state index < -0.39 is 0 Å². The van der Waals surface area contributed by atoms with Crippen LogP contribution in [0.5, 0.6) is 0 Å². The Hall–Kier alpha value is -0.870. The summed E-state index contributed by atoms with van der Waals surface area (Å²) in [5, 5.41) is 3.33. The Balaban J connectivity index is 1.85. The molecule has 1 aliphatic carbocycles. The first-order valence-electron chi connectivity index (χ1n) is 5.70. The molecule has 4 heteroatoms. The highest BCUT2D eigenvalue weighted by molar-refractivity contribution is 9.10. The van der Waals surface area contributed by atoms with Crippen molar-refractivity contribution in [3.05, 3.63) is 34.3 Å². The number of methoxy groups -OCH3 is 1. The molecule has 0 radical (unpaired) electrons. The Labute approximate surface area is 110 Å². The van der Waals surface area contributed by atoms with Gasteiger partial charge < -0.3 is 10.1 Å². The molecule has 0 bridgehead atoms. The number of rotatable bonds is 5. The molecule has 1 fully saturated rings. The van der Waals surface area contributed by atoms with E-state index in [2.05, 4.69) is 27.3 Å². The third-order valence-corrected chi connectivity index (χ3v) is 3.98. The number of carbonyl (C=O) groups excluding carboxylic acids is 1. The zero-order valence-electron chi connectivity index (χ0n) is 9.83. The number of benzene rings is 1. The summed E-state index contributed by atoms with van der Waals surface area (Å²) in [4.78, 5) is 11.5. The maximum Gasteiger partial charge on any atom is 0.313 e. The van der Waals surface area contributed by atoms with E-state index in [1.165, 1.54) is 12.7 Å². The molecule has 0 aromatic heterocycles. The first kappa shape index (κ1) is 12.6. The monoisotopic (exact) mass is 297 g/mol. The van der Waals surface area contributed by atoms with Crippen LogP contribution in [0.15, 0.2) is 28.7 Å². The summed E-state index contributed by atoms with van der Waals surface area (Å²) in [6.07, 6.45) is 1.87. The van der Waals surface area contributed by atoms with Gasteiger partial charge in [0.2, 0.25) is 0 Å². The van der Waals surface area contributed by atoms with Crippen LogP contribution in [0.2, 0.25) is 0 Å². The number of nitrogens with one attached hydrogen (secondary N) is 1. The van der Waals surface area contributed by atoms with Crippen molar-refractivity contribution >= 4 is 21.9 Å². The number of ether oxygens (including phenoxy) is 1. The summed E-state index contributed by atoms with van der Waals surface area (Å²) >= 11 is 3.50. The van der Waals surface area contributed by atoms with Crippen LogP contribution in [0.4, 0.5) is 0 Å². The maximum atomic E-state index is 11.5. The summed E-state index contributed by atoms with van der Waals surface area (Å²) in [7, 11) is 1.45. The van der Waals surface area contributed by atoms with Crippen LogP contribution >= 0.6 is 15.9 Å². The lowest BCUT2D eigenvalue weighted by Gasteiger charge is -2.13. The minimum Gasteiger partial charge on any atom is -0.469 e. The second kappa shape index (κ2) is 5.19. The number of esters is 1. The van der Waals surface area contributed by atoms with Gasteiger partial charge in [-0.05, 0) is 24.5 Å². The standard InChI is InChI=1S/C13H16BrNO2/c1-17-12(16)13(6-7-13)9-15-8-10-4-2-3-5-11(10)14/h2-5,15H,6-9H2,1H3. The topological polar surface area (TPSA) is 38.3 Å². The van der Waals surface area contributed by atoms with Gasteiger partial charge in [-0.1, -0.05) is 34.1 Å². The Morgan fingerprint density at radius 2 is 2.18 bits per heavy atom. The van der Waals surface area contributed by atoms with Gasteiger partial charge in [-0.3, -0.25) is 4.79 Å². The van der Waals surface area contributed by atoms with E-state index in [1.54, 1.807) is 0 Å². The fraction of sp³-hybridized carbons (Fsp3) is 0.462. The fourth-order valence-electron chi connectivity index (χ4n) is 1.90. The smallest absolute Gasteiger partial charge is 0.313 e.